The molecule has 0 heterocycles. The first-order chi connectivity index (χ1) is 10.1. The van der Waals surface area contributed by atoms with E-state index in [-0.39, 0.29) is 0 Å². The third kappa shape index (κ3) is 4.08. The van der Waals surface area contributed by atoms with Gasteiger partial charge in [0.1, 0.15) is 11.5 Å². The van der Waals surface area contributed by atoms with Crippen molar-refractivity contribution in [1.29, 1.82) is 5.26 Å². The molecule has 4 heteroatoms. The van der Waals surface area contributed by atoms with Crippen molar-refractivity contribution in [3.63, 3.8) is 0 Å². The van der Waals surface area contributed by atoms with Gasteiger partial charge < -0.3 is 9.47 Å². The van der Waals surface area contributed by atoms with Gasteiger partial charge in [0.2, 0.25) is 0 Å². The zero-order chi connectivity index (χ0) is 15.2. The molecule has 0 fully saturated rings. The molecule has 0 aliphatic rings. The summed E-state index contributed by atoms with van der Waals surface area (Å²) in [5.74, 6) is 0.440. The van der Waals surface area contributed by atoms with Gasteiger partial charge in [-0.2, -0.15) is 5.26 Å². The van der Waals surface area contributed by atoms with Gasteiger partial charge in [-0.05, 0) is 49.7 Å². The molecule has 0 N–H and O–H groups in total. The fraction of sp³-hybridized carbons (Fsp3) is 0.176. The number of ether oxygens (including phenoxy) is 2. The highest BCUT2D eigenvalue weighted by Crippen LogP contribution is 2.17. The zero-order valence-electron chi connectivity index (χ0n) is 11.9. The molecule has 2 aromatic carbocycles. The van der Waals surface area contributed by atoms with Gasteiger partial charge >= 0.3 is 5.97 Å². The molecule has 0 radical (unpaired) electrons. The first-order valence-electron chi connectivity index (χ1n) is 6.53. The molecule has 21 heavy (non-hydrogen) atoms. The monoisotopic (exact) mass is 281 g/mol. The summed E-state index contributed by atoms with van der Waals surface area (Å²) in [6.07, 6.45) is -0.738. The van der Waals surface area contributed by atoms with Crippen LogP contribution in [0.15, 0.2) is 48.5 Å². The normalized spacial score (nSPS) is 11.3. The lowest BCUT2D eigenvalue weighted by Gasteiger charge is -2.14. The van der Waals surface area contributed by atoms with Gasteiger partial charge in [0.05, 0.1) is 11.6 Å². The first kappa shape index (κ1) is 14.6. The topological polar surface area (TPSA) is 59.3 Å². The number of nitrogens with zero attached hydrogens (tertiary/aromatic N) is 1. The van der Waals surface area contributed by atoms with Crippen molar-refractivity contribution < 1.29 is 14.3 Å². The standard InChI is InChI=1S/C17H15NO3/c1-12-5-3-7-15(9-12)20-13(2)17(19)21-16-8-4-6-14(10-16)11-18/h3-10,13H,1-2H3/t13-/m0/s1. The molecule has 1 atom stereocenters. The van der Waals surface area contributed by atoms with Crippen molar-refractivity contribution in [2.75, 3.05) is 0 Å². The van der Waals surface area contributed by atoms with Gasteiger partial charge in [-0.25, -0.2) is 4.79 Å². The summed E-state index contributed by atoms with van der Waals surface area (Å²) in [5.41, 5.74) is 1.49. The largest absolute Gasteiger partial charge is 0.479 e. The molecule has 106 valence electrons. The average molecular weight is 281 g/mol. The first-order valence-corrected chi connectivity index (χ1v) is 6.53. The van der Waals surface area contributed by atoms with Crippen LogP contribution in [0.5, 0.6) is 11.5 Å². The predicted molar refractivity (Wildman–Crippen MR) is 78.1 cm³/mol. The Labute approximate surface area is 123 Å². The van der Waals surface area contributed by atoms with E-state index in [2.05, 4.69) is 0 Å². The Morgan fingerprint density at radius 2 is 1.86 bits per heavy atom. The van der Waals surface area contributed by atoms with Crippen molar-refractivity contribution in [2.45, 2.75) is 20.0 Å². The van der Waals surface area contributed by atoms with Crippen molar-refractivity contribution in [2.24, 2.45) is 0 Å². The molecule has 0 aliphatic heterocycles. The van der Waals surface area contributed by atoms with E-state index in [9.17, 15) is 4.79 Å². The predicted octanol–water partition coefficient (Wildman–Crippen LogP) is 3.24. The Balaban J connectivity index is 2.01. The van der Waals surface area contributed by atoms with Crippen LogP contribution in [0.3, 0.4) is 0 Å². The van der Waals surface area contributed by atoms with Gasteiger partial charge in [-0.15, -0.1) is 0 Å². The lowest BCUT2D eigenvalue weighted by Crippen LogP contribution is -2.28. The molecule has 0 bridgehead atoms. The molecule has 0 saturated heterocycles. The number of hydrogen-bond donors (Lipinski definition) is 0. The Hall–Kier alpha value is -2.80. The smallest absolute Gasteiger partial charge is 0.352 e. The summed E-state index contributed by atoms with van der Waals surface area (Å²) in [6, 6.07) is 15.9. The van der Waals surface area contributed by atoms with E-state index in [1.807, 2.05) is 31.2 Å². The maximum Gasteiger partial charge on any atom is 0.352 e. The van der Waals surface area contributed by atoms with Crippen LogP contribution in [-0.4, -0.2) is 12.1 Å². The molecule has 4 nitrogen and oxygen atoms in total. The van der Waals surface area contributed by atoms with Crippen molar-refractivity contribution in [1.82, 2.24) is 0 Å². The highest BCUT2D eigenvalue weighted by atomic mass is 16.6. The lowest BCUT2D eigenvalue weighted by atomic mass is 10.2. The number of rotatable bonds is 4. The van der Waals surface area contributed by atoms with Gasteiger partial charge in [0.15, 0.2) is 6.10 Å². The second-order valence-corrected chi connectivity index (χ2v) is 4.64. The Morgan fingerprint density at radius 1 is 1.14 bits per heavy atom. The SMILES string of the molecule is Cc1cccc(O[C@@H](C)C(=O)Oc2cccc(C#N)c2)c1. The number of carbonyl (C=O) groups excluding carboxylic acids is 1. The molecule has 2 rings (SSSR count). The number of carbonyl (C=O) groups is 1. The third-order valence-corrected chi connectivity index (χ3v) is 2.82. The molecule has 0 saturated carbocycles. The van der Waals surface area contributed by atoms with Crippen molar-refractivity contribution in [3.8, 4) is 17.6 Å². The second kappa shape index (κ2) is 6.58. The molecule has 0 amide bonds. The van der Waals surface area contributed by atoms with E-state index in [0.29, 0.717) is 17.1 Å². The van der Waals surface area contributed by atoms with E-state index in [4.69, 9.17) is 14.7 Å². The summed E-state index contributed by atoms with van der Waals surface area (Å²) < 4.78 is 10.8. The van der Waals surface area contributed by atoms with Crippen molar-refractivity contribution >= 4 is 5.97 Å². The number of nitriles is 1. The molecule has 0 aromatic heterocycles. The summed E-state index contributed by atoms with van der Waals surface area (Å²) in [6.45, 7) is 3.57. The van der Waals surface area contributed by atoms with Gasteiger partial charge in [-0.1, -0.05) is 18.2 Å². The van der Waals surface area contributed by atoms with Crippen LogP contribution in [0.1, 0.15) is 18.1 Å². The van der Waals surface area contributed by atoms with Crippen LogP contribution in [0, 0.1) is 18.3 Å². The van der Waals surface area contributed by atoms with Crippen LogP contribution < -0.4 is 9.47 Å². The molecule has 2 aromatic rings. The van der Waals surface area contributed by atoms with Crippen LogP contribution in [0.4, 0.5) is 0 Å². The summed E-state index contributed by atoms with van der Waals surface area (Å²) in [4.78, 5) is 12.0. The summed E-state index contributed by atoms with van der Waals surface area (Å²) in [7, 11) is 0. The fourth-order valence-electron chi connectivity index (χ4n) is 1.77. The van der Waals surface area contributed by atoms with Crippen LogP contribution in [-0.2, 0) is 4.79 Å². The van der Waals surface area contributed by atoms with Crippen LogP contribution in [0.2, 0.25) is 0 Å². The number of benzene rings is 2. The lowest BCUT2D eigenvalue weighted by molar-refractivity contribution is -0.141. The number of hydrogen-bond acceptors (Lipinski definition) is 4. The van der Waals surface area contributed by atoms with E-state index < -0.39 is 12.1 Å². The number of aryl methyl sites for hydroxylation is 1. The van der Waals surface area contributed by atoms with Crippen LogP contribution >= 0.6 is 0 Å². The Kier molecular flexibility index (Phi) is 4.57. The summed E-state index contributed by atoms with van der Waals surface area (Å²) in [5, 5.41) is 8.81. The van der Waals surface area contributed by atoms with Crippen molar-refractivity contribution in [3.05, 3.63) is 59.7 Å². The Morgan fingerprint density at radius 3 is 2.57 bits per heavy atom. The average Bonchev–Trinajstić information content (AvgIpc) is 2.47. The quantitative estimate of drug-likeness (QED) is 0.637. The Bertz CT molecular complexity index is 688. The van der Waals surface area contributed by atoms with Gasteiger partial charge in [0.25, 0.3) is 0 Å². The van der Waals surface area contributed by atoms with E-state index >= 15 is 0 Å². The fourth-order valence-corrected chi connectivity index (χ4v) is 1.77. The van der Waals surface area contributed by atoms with Crippen LogP contribution in [0.25, 0.3) is 0 Å². The van der Waals surface area contributed by atoms with E-state index in [0.717, 1.165) is 5.56 Å². The zero-order valence-corrected chi connectivity index (χ0v) is 11.9. The highest BCUT2D eigenvalue weighted by molar-refractivity contribution is 5.77. The number of esters is 1. The van der Waals surface area contributed by atoms with E-state index in [1.54, 1.807) is 31.2 Å². The highest BCUT2D eigenvalue weighted by Gasteiger charge is 2.17. The maximum atomic E-state index is 12.0. The second-order valence-electron chi connectivity index (χ2n) is 4.64. The van der Waals surface area contributed by atoms with Gasteiger partial charge in [-0.3, -0.25) is 0 Å². The van der Waals surface area contributed by atoms with E-state index in [1.165, 1.54) is 6.07 Å². The third-order valence-electron chi connectivity index (χ3n) is 2.82. The minimum Gasteiger partial charge on any atom is -0.479 e. The minimum absolute atomic E-state index is 0.332. The molecule has 0 aliphatic carbocycles. The molecular formula is C17H15NO3. The minimum atomic E-state index is -0.738. The van der Waals surface area contributed by atoms with Gasteiger partial charge in [0, 0.05) is 0 Å². The molecule has 0 spiro atoms. The maximum absolute atomic E-state index is 12.0. The summed E-state index contributed by atoms with van der Waals surface area (Å²) >= 11 is 0. The molecular weight excluding hydrogens is 266 g/mol. The molecule has 0 unspecified atom stereocenters.